The molecule has 1 N–H and O–H groups in total. The molecule has 0 radical (unpaired) electrons. The first-order valence-electron chi connectivity index (χ1n) is 6.09. The first-order valence-corrected chi connectivity index (χ1v) is 7.97. The van der Waals surface area contributed by atoms with Crippen molar-refractivity contribution < 1.29 is 13.5 Å². The fourth-order valence-corrected chi connectivity index (χ4v) is 3.73. The van der Waals surface area contributed by atoms with Gasteiger partial charge in [-0.05, 0) is 36.6 Å². The predicted octanol–water partition coefficient (Wildman–Crippen LogP) is 2.10. The van der Waals surface area contributed by atoms with E-state index in [-0.39, 0.29) is 12.6 Å². The number of aliphatic hydroxyl groups is 1. The molecule has 1 fully saturated rings. The number of hydrogen-bond donors (Lipinski definition) is 1. The van der Waals surface area contributed by atoms with Crippen LogP contribution in [0.3, 0.4) is 0 Å². The van der Waals surface area contributed by atoms with Crippen molar-refractivity contribution >= 4 is 27.7 Å². The van der Waals surface area contributed by atoms with Crippen molar-refractivity contribution in [3.63, 3.8) is 0 Å². The zero-order valence-electron chi connectivity index (χ0n) is 10.4. The van der Waals surface area contributed by atoms with E-state index in [1.807, 2.05) is 0 Å². The standard InChI is InChI=1S/C13H16ClNO3S/c14-12-5-3-11(4-6-12)7-9-19(17,18)15-8-1-2-13(15)10-16/h3-7,9,13,16H,1-2,8,10H2. The SMILES string of the molecule is O=S(=O)(C=Cc1ccc(Cl)cc1)N1CCCC1CO. The van der Waals surface area contributed by atoms with Crippen LogP contribution in [0.4, 0.5) is 0 Å². The Bertz CT molecular complexity index is 554. The second kappa shape index (κ2) is 6.05. The second-order valence-electron chi connectivity index (χ2n) is 4.49. The minimum absolute atomic E-state index is 0.131. The van der Waals surface area contributed by atoms with Crippen molar-refractivity contribution in [2.24, 2.45) is 0 Å². The third kappa shape index (κ3) is 3.57. The molecular weight excluding hydrogens is 286 g/mol. The maximum atomic E-state index is 12.1. The number of nitrogens with zero attached hydrogens (tertiary/aromatic N) is 1. The van der Waals surface area contributed by atoms with Gasteiger partial charge in [0.2, 0.25) is 10.0 Å². The summed E-state index contributed by atoms with van der Waals surface area (Å²) in [6.45, 7) is 0.340. The van der Waals surface area contributed by atoms with Crippen molar-refractivity contribution in [1.29, 1.82) is 0 Å². The Balaban J connectivity index is 2.14. The first kappa shape index (κ1) is 14.5. The highest BCUT2D eigenvalue weighted by Gasteiger charge is 2.31. The summed E-state index contributed by atoms with van der Waals surface area (Å²) >= 11 is 5.76. The Morgan fingerprint density at radius 3 is 2.68 bits per heavy atom. The van der Waals surface area contributed by atoms with Crippen LogP contribution in [0.5, 0.6) is 0 Å². The summed E-state index contributed by atoms with van der Waals surface area (Å²) in [5.41, 5.74) is 0.771. The van der Waals surface area contributed by atoms with Crippen molar-refractivity contribution in [3.05, 3.63) is 40.3 Å². The van der Waals surface area contributed by atoms with Crippen LogP contribution in [-0.4, -0.2) is 37.0 Å². The quantitative estimate of drug-likeness (QED) is 0.926. The molecule has 0 saturated carbocycles. The second-order valence-corrected chi connectivity index (χ2v) is 6.70. The van der Waals surface area contributed by atoms with E-state index < -0.39 is 10.0 Å². The summed E-state index contributed by atoms with van der Waals surface area (Å²) in [5, 5.41) is 11.0. The molecule has 2 rings (SSSR count). The van der Waals surface area contributed by atoms with E-state index in [1.54, 1.807) is 30.3 Å². The molecule has 1 aliphatic heterocycles. The van der Waals surface area contributed by atoms with Crippen molar-refractivity contribution in [2.75, 3.05) is 13.2 Å². The topological polar surface area (TPSA) is 57.6 Å². The summed E-state index contributed by atoms with van der Waals surface area (Å²) in [6, 6.07) is 6.63. The highest BCUT2D eigenvalue weighted by Crippen LogP contribution is 2.22. The van der Waals surface area contributed by atoms with Gasteiger partial charge >= 0.3 is 0 Å². The van der Waals surface area contributed by atoms with E-state index in [0.29, 0.717) is 18.0 Å². The number of sulfonamides is 1. The molecule has 0 spiro atoms. The lowest BCUT2D eigenvalue weighted by molar-refractivity contribution is 0.214. The van der Waals surface area contributed by atoms with Crippen LogP contribution >= 0.6 is 11.6 Å². The minimum atomic E-state index is -3.47. The Morgan fingerprint density at radius 1 is 1.37 bits per heavy atom. The van der Waals surface area contributed by atoms with Crippen LogP contribution in [0.15, 0.2) is 29.7 Å². The van der Waals surface area contributed by atoms with E-state index in [2.05, 4.69) is 0 Å². The van der Waals surface area contributed by atoms with Gasteiger partial charge in [0, 0.05) is 23.0 Å². The van der Waals surface area contributed by atoms with Gasteiger partial charge in [0.25, 0.3) is 0 Å². The molecule has 4 nitrogen and oxygen atoms in total. The van der Waals surface area contributed by atoms with Crippen LogP contribution in [0.25, 0.3) is 6.08 Å². The molecule has 6 heteroatoms. The number of aliphatic hydroxyl groups excluding tert-OH is 1. The summed E-state index contributed by atoms with van der Waals surface area (Å²) in [6.07, 6.45) is 3.04. The molecule has 1 aromatic carbocycles. The van der Waals surface area contributed by atoms with E-state index in [0.717, 1.165) is 12.0 Å². The summed E-state index contributed by atoms with van der Waals surface area (Å²) in [5.74, 6) is 0. The zero-order valence-corrected chi connectivity index (χ0v) is 11.9. The molecule has 1 atom stereocenters. The summed E-state index contributed by atoms with van der Waals surface area (Å²) in [7, 11) is -3.47. The lowest BCUT2D eigenvalue weighted by Gasteiger charge is -2.20. The fraction of sp³-hybridized carbons (Fsp3) is 0.385. The van der Waals surface area contributed by atoms with E-state index in [9.17, 15) is 13.5 Å². The normalized spacial score (nSPS) is 21.3. The summed E-state index contributed by atoms with van der Waals surface area (Å²) < 4.78 is 25.6. The fourth-order valence-electron chi connectivity index (χ4n) is 2.14. The number of halogens is 1. The Kier molecular flexibility index (Phi) is 4.62. The number of rotatable bonds is 4. The smallest absolute Gasteiger partial charge is 0.236 e. The lowest BCUT2D eigenvalue weighted by atomic mass is 10.2. The van der Waals surface area contributed by atoms with Crippen LogP contribution in [0, 0.1) is 0 Å². The average Bonchev–Trinajstić information content (AvgIpc) is 2.87. The first-order chi connectivity index (χ1) is 9.03. The highest BCUT2D eigenvalue weighted by atomic mass is 35.5. The van der Waals surface area contributed by atoms with Crippen LogP contribution in [0.1, 0.15) is 18.4 Å². The van der Waals surface area contributed by atoms with E-state index >= 15 is 0 Å². The van der Waals surface area contributed by atoms with Crippen molar-refractivity contribution in [1.82, 2.24) is 4.31 Å². The van der Waals surface area contributed by atoms with Crippen LogP contribution in [-0.2, 0) is 10.0 Å². The number of benzene rings is 1. The molecule has 0 aromatic heterocycles. The van der Waals surface area contributed by atoms with Gasteiger partial charge in [-0.3, -0.25) is 0 Å². The van der Waals surface area contributed by atoms with Gasteiger partial charge in [-0.15, -0.1) is 0 Å². The maximum absolute atomic E-state index is 12.1. The Labute approximate surface area is 118 Å². The van der Waals surface area contributed by atoms with Crippen molar-refractivity contribution in [3.8, 4) is 0 Å². The third-order valence-electron chi connectivity index (χ3n) is 3.16. The van der Waals surface area contributed by atoms with Gasteiger partial charge in [-0.1, -0.05) is 23.7 Å². The van der Waals surface area contributed by atoms with Gasteiger partial charge in [0.1, 0.15) is 0 Å². The van der Waals surface area contributed by atoms with Crippen molar-refractivity contribution in [2.45, 2.75) is 18.9 Å². The molecular formula is C13H16ClNO3S. The van der Waals surface area contributed by atoms with Gasteiger partial charge in [0.05, 0.1) is 6.61 Å². The van der Waals surface area contributed by atoms with E-state index in [1.165, 1.54) is 9.71 Å². The largest absolute Gasteiger partial charge is 0.395 e. The van der Waals surface area contributed by atoms with Gasteiger partial charge in [0.15, 0.2) is 0 Å². The highest BCUT2D eigenvalue weighted by molar-refractivity contribution is 7.92. The van der Waals surface area contributed by atoms with Gasteiger partial charge in [-0.2, -0.15) is 4.31 Å². The molecule has 1 unspecified atom stereocenters. The zero-order chi connectivity index (χ0) is 13.9. The monoisotopic (exact) mass is 301 g/mol. The molecule has 0 bridgehead atoms. The van der Waals surface area contributed by atoms with Crippen LogP contribution < -0.4 is 0 Å². The number of hydrogen-bond acceptors (Lipinski definition) is 3. The minimum Gasteiger partial charge on any atom is -0.395 e. The third-order valence-corrected chi connectivity index (χ3v) is 5.03. The lowest BCUT2D eigenvalue weighted by Crippen LogP contribution is -2.36. The maximum Gasteiger partial charge on any atom is 0.236 e. The molecule has 0 aliphatic carbocycles. The molecule has 1 aromatic rings. The molecule has 19 heavy (non-hydrogen) atoms. The molecule has 0 amide bonds. The molecule has 1 aliphatic rings. The summed E-state index contributed by atoms with van der Waals surface area (Å²) in [4.78, 5) is 0. The predicted molar refractivity (Wildman–Crippen MR) is 76.2 cm³/mol. The van der Waals surface area contributed by atoms with Crippen LogP contribution in [0.2, 0.25) is 5.02 Å². The Morgan fingerprint density at radius 2 is 2.05 bits per heavy atom. The van der Waals surface area contributed by atoms with E-state index in [4.69, 9.17) is 11.6 Å². The molecule has 1 heterocycles. The Hall–Kier alpha value is -0.880. The average molecular weight is 302 g/mol. The van der Waals surface area contributed by atoms with Gasteiger partial charge < -0.3 is 5.11 Å². The van der Waals surface area contributed by atoms with Gasteiger partial charge in [-0.25, -0.2) is 8.42 Å². The molecule has 104 valence electrons. The molecule has 1 saturated heterocycles.